The fraction of sp³-hybridized carbons (Fsp3) is 0.222. The van der Waals surface area contributed by atoms with E-state index in [1.54, 1.807) is 12.1 Å². The number of halogens is 2. The molecule has 0 aliphatic carbocycles. The minimum Gasteiger partial charge on any atom is -0.486 e. The van der Waals surface area contributed by atoms with E-state index in [0.29, 0.717) is 11.5 Å². The molecule has 6 nitrogen and oxygen atoms in total. The molecule has 2 aromatic rings. The number of esters is 1. The average Bonchev–Trinajstić information content (AvgIpc) is 2.64. The van der Waals surface area contributed by atoms with E-state index in [-0.39, 0.29) is 24.3 Å². The number of benzene rings is 2. The Bertz CT molecular complexity index is 809. The lowest BCUT2D eigenvalue weighted by atomic mass is 10.2. The highest BCUT2D eigenvalue weighted by Crippen LogP contribution is 2.30. The normalized spacial score (nSPS) is 15.2. The number of ether oxygens (including phenoxy) is 3. The van der Waals surface area contributed by atoms with Crippen molar-refractivity contribution in [2.45, 2.75) is 6.10 Å². The van der Waals surface area contributed by atoms with Gasteiger partial charge >= 0.3 is 5.97 Å². The molecule has 0 aromatic heterocycles. The van der Waals surface area contributed by atoms with Gasteiger partial charge in [0.15, 0.2) is 18.1 Å². The van der Waals surface area contributed by atoms with E-state index in [1.807, 2.05) is 12.1 Å². The maximum Gasteiger partial charge on any atom is 0.343 e. The first-order chi connectivity index (χ1) is 12.5. The van der Waals surface area contributed by atoms with Crippen LogP contribution in [-0.2, 0) is 9.53 Å². The number of rotatable bonds is 5. The SMILES string of the molecule is O=C(COC(=O)c1c(F)cccc1Cl)NC[C@H]1COc2ccccc2O1. The predicted molar refractivity (Wildman–Crippen MR) is 91.1 cm³/mol. The van der Waals surface area contributed by atoms with Crippen molar-refractivity contribution in [3.8, 4) is 11.5 Å². The Hall–Kier alpha value is -2.80. The Kier molecular flexibility index (Phi) is 5.58. The predicted octanol–water partition coefficient (Wildman–Crippen LogP) is 2.59. The van der Waals surface area contributed by atoms with Gasteiger partial charge in [-0.2, -0.15) is 0 Å². The highest BCUT2D eigenvalue weighted by Gasteiger charge is 2.22. The van der Waals surface area contributed by atoms with Crippen molar-refractivity contribution < 1.29 is 28.2 Å². The van der Waals surface area contributed by atoms with Crippen LogP contribution >= 0.6 is 11.6 Å². The standard InChI is InChI=1S/C18H15ClFNO5/c19-12-4-3-5-13(20)17(12)18(23)25-10-16(22)21-8-11-9-24-14-6-1-2-7-15(14)26-11/h1-7,11H,8-10H2,(H,21,22)/t11-/m0/s1. The van der Waals surface area contributed by atoms with Crippen LogP contribution in [-0.4, -0.2) is 37.7 Å². The van der Waals surface area contributed by atoms with E-state index in [0.717, 1.165) is 6.07 Å². The smallest absolute Gasteiger partial charge is 0.343 e. The molecule has 2 aromatic carbocycles. The van der Waals surface area contributed by atoms with Crippen LogP contribution < -0.4 is 14.8 Å². The highest BCUT2D eigenvalue weighted by atomic mass is 35.5. The third kappa shape index (κ3) is 4.23. The van der Waals surface area contributed by atoms with Gasteiger partial charge in [-0.1, -0.05) is 29.8 Å². The molecule has 1 aliphatic heterocycles. The molecule has 1 N–H and O–H groups in total. The second-order valence-electron chi connectivity index (χ2n) is 5.47. The second-order valence-corrected chi connectivity index (χ2v) is 5.88. The lowest BCUT2D eigenvalue weighted by molar-refractivity contribution is -0.124. The maximum atomic E-state index is 13.6. The first-order valence-corrected chi connectivity index (χ1v) is 8.18. The molecule has 3 rings (SSSR count). The van der Waals surface area contributed by atoms with Crippen molar-refractivity contribution in [3.63, 3.8) is 0 Å². The van der Waals surface area contributed by atoms with Gasteiger partial charge in [0.2, 0.25) is 0 Å². The Morgan fingerprint density at radius 2 is 1.96 bits per heavy atom. The molecule has 0 saturated carbocycles. The number of hydrogen-bond acceptors (Lipinski definition) is 5. The molecule has 0 bridgehead atoms. The first kappa shape index (κ1) is 18.0. The molecule has 0 fully saturated rings. The Morgan fingerprint density at radius 3 is 2.73 bits per heavy atom. The van der Waals surface area contributed by atoms with Crippen LogP contribution in [0.25, 0.3) is 0 Å². The van der Waals surface area contributed by atoms with Crippen molar-refractivity contribution >= 4 is 23.5 Å². The molecule has 26 heavy (non-hydrogen) atoms. The van der Waals surface area contributed by atoms with Gasteiger partial charge in [-0.15, -0.1) is 0 Å². The molecular weight excluding hydrogens is 365 g/mol. The summed E-state index contributed by atoms with van der Waals surface area (Å²) in [6.45, 7) is -0.110. The minimum atomic E-state index is -1.01. The van der Waals surface area contributed by atoms with Gasteiger partial charge in [-0.05, 0) is 24.3 Å². The molecule has 1 atom stereocenters. The van der Waals surface area contributed by atoms with Crippen LogP contribution in [0.15, 0.2) is 42.5 Å². The van der Waals surface area contributed by atoms with Gasteiger partial charge in [-0.3, -0.25) is 4.79 Å². The van der Waals surface area contributed by atoms with Gasteiger partial charge in [0.05, 0.1) is 11.6 Å². The molecule has 0 saturated heterocycles. The summed E-state index contributed by atoms with van der Waals surface area (Å²) in [4.78, 5) is 23.7. The Morgan fingerprint density at radius 1 is 1.19 bits per heavy atom. The van der Waals surface area contributed by atoms with E-state index < -0.39 is 29.9 Å². The zero-order chi connectivity index (χ0) is 18.5. The fourth-order valence-electron chi connectivity index (χ4n) is 2.34. The van der Waals surface area contributed by atoms with Gasteiger partial charge in [-0.25, -0.2) is 9.18 Å². The van der Waals surface area contributed by atoms with Crippen LogP contribution in [0.2, 0.25) is 5.02 Å². The molecule has 1 heterocycles. The summed E-state index contributed by atoms with van der Waals surface area (Å²) < 4.78 is 29.6. The monoisotopic (exact) mass is 379 g/mol. The van der Waals surface area contributed by atoms with Crippen LogP contribution in [0, 0.1) is 5.82 Å². The number of carbonyl (C=O) groups excluding carboxylic acids is 2. The molecule has 1 amide bonds. The molecular formula is C18H15ClFNO5. The molecule has 0 radical (unpaired) electrons. The number of amides is 1. The van der Waals surface area contributed by atoms with Crippen LogP contribution in [0.3, 0.4) is 0 Å². The summed E-state index contributed by atoms with van der Waals surface area (Å²) in [5.41, 5.74) is -0.400. The van der Waals surface area contributed by atoms with Gasteiger partial charge < -0.3 is 19.5 Å². The third-order valence-corrected chi connectivity index (χ3v) is 3.91. The lowest BCUT2D eigenvalue weighted by Gasteiger charge is -2.26. The highest BCUT2D eigenvalue weighted by molar-refractivity contribution is 6.33. The zero-order valence-corrected chi connectivity index (χ0v) is 14.3. The third-order valence-electron chi connectivity index (χ3n) is 3.60. The summed E-state index contributed by atoms with van der Waals surface area (Å²) in [5.74, 6) is -1.12. The van der Waals surface area contributed by atoms with Crippen molar-refractivity contribution in [2.75, 3.05) is 19.8 Å². The molecule has 136 valence electrons. The molecule has 8 heteroatoms. The van der Waals surface area contributed by atoms with Crippen molar-refractivity contribution in [2.24, 2.45) is 0 Å². The summed E-state index contributed by atoms with van der Waals surface area (Å²) in [6.07, 6.45) is -0.370. The van der Waals surface area contributed by atoms with Crippen molar-refractivity contribution in [1.29, 1.82) is 0 Å². The van der Waals surface area contributed by atoms with Gasteiger partial charge in [0, 0.05) is 0 Å². The van der Waals surface area contributed by atoms with E-state index in [2.05, 4.69) is 5.32 Å². The molecule has 0 spiro atoms. The Labute approximate surface area is 153 Å². The molecule has 0 unspecified atom stereocenters. The lowest BCUT2D eigenvalue weighted by Crippen LogP contribution is -2.42. The minimum absolute atomic E-state index is 0.0816. The van der Waals surface area contributed by atoms with Crippen molar-refractivity contribution in [1.82, 2.24) is 5.32 Å². The maximum absolute atomic E-state index is 13.6. The van der Waals surface area contributed by atoms with E-state index >= 15 is 0 Å². The largest absolute Gasteiger partial charge is 0.486 e. The van der Waals surface area contributed by atoms with E-state index in [9.17, 15) is 14.0 Å². The zero-order valence-electron chi connectivity index (χ0n) is 13.5. The number of fused-ring (bicyclic) bond motifs is 1. The van der Waals surface area contributed by atoms with Crippen LogP contribution in [0.5, 0.6) is 11.5 Å². The number of carbonyl (C=O) groups is 2. The average molecular weight is 380 g/mol. The van der Waals surface area contributed by atoms with E-state index in [1.165, 1.54) is 12.1 Å². The van der Waals surface area contributed by atoms with Gasteiger partial charge in [0.1, 0.15) is 24.1 Å². The topological polar surface area (TPSA) is 73.9 Å². The summed E-state index contributed by atoms with van der Waals surface area (Å²) in [5, 5.41) is 2.49. The number of hydrogen-bond donors (Lipinski definition) is 1. The summed E-state index contributed by atoms with van der Waals surface area (Å²) in [7, 11) is 0. The summed E-state index contributed by atoms with van der Waals surface area (Å²) in [6, 6.07) is 11.0. The quantitative estimate of drug-likeness (QED) is 0.808. The number of nitrogens with one attached hydrogen (secondary N) is 1. The second kappa shape index (κ2) is 8.05. The van der Waals surface area contributed by atoms with Crippen molar-refractivity contribution in [3.05, 3.63) is 58.9 Å². The summed E-state index contributed by atoms with van der Waals surface area (Å²) >= 11 is 5.77. The fourth-order valence-corrected chi connectivity index (χ4v) is 2.58. The Balaban J connectivity index is 1.46. The number of para-hydroxylation sites is 2. The van der Waals surface area contributed by atoms with E-state index in [4.69, 9.17) is 25.8 Å². The first-order valence-electron chi connectivity index (χ1n) is 7.81. The molecule has 1 aliphatic rings. The van der Waals surface area contributed by atoms with Crippen LogP contribution in [0.1, 0.15) is 10.4 Å². The van der Waals surface area contributed by atoms with Crippen LogP contribution in [0.4, 0.5) is 4.39 Å². The van der Waals surface area contributed by atoms with Gasteiger partial charge in [0.25, 0.3) is 5.91 Å².